The summed E-state index contributed by atoms with van der Waals surface area (Å²) in [6.45, 7) is 0. The van der Waals surface area contributed by atoms with E-state index in [2.05, 4.69) is 0 Å². The molecule has 0 aliphatic carbocycles. The molecule has 1 aromatic rings. The third-order valence-corrected chi connectivity index (χ3v) is 1.05. The standard InChI is InChI=1S/C4H4S.CH4/c1-2-4-5-3-1;/h1-4H;1H4. The fraction of sp³-hybridized carbons (Fsp3) is 0.200. The first-order chi connectivity index (χ1) is 2.50. The van der Waals surface area contributed by atoms with Crippen LogP contribution in [0, 0.1) is 0 Å². The van der Waals surface area contributed by atoms with E-state index in [1.54, 1.807) is 11.3 Å². The SMILES string of the molecule is C.c1ccsc1. The molecular weight excluding hydrogens is 92.1 g/mol. The number of rotatable bonds is 0. The van der Waals surface area contributed by atoms with E-state index in [0.717, 1.165) is 0 Å². The van der Waals surface area contributed by atoms with Crippen molar-refractivity contribution >= 4 is 11.3 Å². The molecule has 0 nitrogen and oxygen atoms in total. The van der Waals surface area contributed by atoms with Gasteiger partial charge < -0.3 is 0 Å². The van der Waals surface area contributed by atoms with Gasteiger partial charge in [-0.3, -0.25) is 0 Å². The number of hydrogen-bond acceptors (Lipinski definition) is 1. The summed E-state index contributed by atoms with van der Waals surface area (Å²) in [5.41, 5.74) is 0. The first-order valence-corrected chi connectivity index (χ1v) is 2.41. The first kappa shape index (κ1) is 5.70. The van der Waals surface area contributed by atoms with Crippen molar-refractivity contribution in [1.29, 1.82) is 0 Å². The second-order valence-electron chi connectivity index (χ2n) is 0.793. The van der Waals surface area contributed by atoms with E-state index in [-0.39, 0.29) is 7.43 Å². The summed E-state index contributed by atoms with van der Waals surface area (Å²) in [4.78, 5) is 0. The predicted octanol–water partition coefficient (Wildman–Crippen LogP) is 2.38. The highest BCUT2D eigenvalue weighted by Crippen LogP contribution is 1.91. The lowest BCUT2D eigenvalue weighted by atomic mass is 10.7. The molecule has 0 aliphatic heterocycles. The molecule has 0 saturated heterocycles. The molecule has 0 spiro atoms. The fourth-order valence-corrected chi connectivity index (χ4v) is 0.680. The Morgan fingerprint density at radius 2 is 1.50 bits per heavy atom. The molecule has 0 aliphatic rings. The molecule has 6 heavy (non-hydrogen) atoms. The molecule has 1 heterocycles. The number of thiophene rings is 1. The van der Waals surface area contributed by atoms with E-state index in [4.69, 9.17) is 0 Å². The minimum absolute atomic E-state index is 0. The van der Waals surface area contributed by atoms with Gasteiger partial charge in [0.25, 0.3) is 0 Å². The Bertz CT molecular complexity index is 60.4. The monoisotopic (exact) mass is 100 g/mol. The van der Waals surface area contributed by atoms with Crippen molar-refractivity contribution in [2.45, 2.75) is 7.43 Å². The van der Waals surface area contributed by atoms with Crippen LogP contribution in [0.5, 0.6) is 0 Å². The van der Waals surface area contributed by atoms with Gasteiger partial charge in [0.1, 0.15) is 0 Å². The smallest absolute Gasteiger partial charge is 0.00934 e. The zero-order valence-electron chi connectivity index (χ0n) is 2.72. The molecule has 0 bridgehead atoms. The van der Waals surface area contributed by atoms with Crippen molar-refractivity contribution in [3.8, 4) is 0 Å². The molecule has 0 amide bonds. The van der Waals surface area contributed by atoms with Gasteiger partial charge in [-0.05, 0) is 10.8 Å². The third-order valence-electron chi connectivity index (χ3n) is 0.425. The second-order valence-corrected chi connectivity index (χ2v) is 1.61. The molecular formula is C5H8S. The summed E-state index contributed by atoms with van der Waals surface area (Å²) in [7, 11) is 0. The Balaban J connectivity index is 0.000000250. The molecule has 0 saturated carbocycles. The Hall–Kier alpha value is -0.300. The van der Waals surface area contributed by atoms with E-state index >= 15 is 0 Å². The second kappa shape index (κ2) is 2.91. The quantitative estimate of drug-likeness (QED) is 0.469. The number of hydrogen-bond donors (Lipinski definition) is 0. The van der Waals surface area contributed by atoms with Crippen LogP contribution in [0.1, 0.15) is 7.43 Å². The van der Waals surface area contributed by atoms with Crippen LogP contribution in [-0.4, -0.2) is 0 Å². The fourth-order valence-electron chi connectivity index (χ4n) is 0.227. The van der Waals surface area contributed by atoms with E-state index in [1.165, 1.54) is 0 Å². The lowest BCUT2D eigenvalue weighted by molar-refractivity contribution is 2.03. The van der Waals surface area contributed by atoms with Crippen LogP contribution in [0.3, 0.4) is 0 Å². The zero-order valence-corrected chi connectivity index (χ0v) is 3.53. The highest BCUT2D eigenvalue weighted by molar-refractivity contribution is 7.07. The summed E-state index contributed by atoms with van der Waals surface area (Å²) in [5.74, 6) is 0. The molecule has 1 heteroatoms. The van der Waals surface area contributed by atoms with E-state index in [9.17, 15) is 0 Å². The van der Waals surface area contributed by atoms with Crippen molar-refractivity contribution in [3.05, 3.63) is 22.9 Å². The molecule has 0 radical (unpaired) electrons. The van der Waals surface area contributed by atoms with Gasteiger partial charge in [-0.25, -0.2) is 0 Å². The highest BCUT2D eigenvalue weighted by Gasteiger charge is 1.58. The van der Waals surface area contributed by atoms with Gasteiger partial charge in [0, 0.05) is 0 Å². The van der Waals surface area contributed by atoms with Crippen LogP contribution in [0.4, 0.5) is 0 Å². The van der Waals surface area contributed by atoms with Crippen molar-refractivity contribution in [3.63, 3.8) is 0 Å². The van der Waals surface area contributed by atoms with Gasteiger partial charge in [0.2, 0.25) is 0 Å². The van der Waals surface area contributed by atoms with Gasteiger partial charge in [0.15, 0.2) is 0 Å². The molecule has 1 rings (SSSR count). The highest BCUT2D eigenvalue weighted by atomic mass is 32.1. The Morgan fingerprint density at radius 3 is 1.67 bits per heavy atom. The minimum atomic E-state index is 0. The lowest BCUT2D eigenvalue weighted by Gasteiger charge is -1.39. The Morgan fingerprint density at radius 1 is 1.00 bits per heavy atom. The van der Waals surface area contributed by atoms with Crippen LogP contribution >= 0.6 is 11.3 Å². The van der Waals surface area contributed by atoms with E-state index in [0.29, 0.717) is 0 Å². The molecule has 1 aromatic heterocycles. The molecule has 34 valence electrons. The van der Waals surface area contributed by atoms with Crippen molar-refractivity contribution in [1.82, 2.24) is 0 Å². The van der Waals surface area contributed by atoms with Crippen LogP contribution < -0.4 is 0 Å². The molecule has 0 fully saturated rings. The average molecular weight is 100 g/mol. The van der Waals surface area contributed by atoms with Crippen LogP contribution in [0.15, 0.2) is 22.9 Å². The summed E-state index contributed by atoms with van der Waals surface area (Å²) in [6.07, 6.45) is 0. The summed E-state index contributed by atoms with van der Waals surface area (Å²) >= 11 is 1.71. The normalized spacial score (nSPS) is 6.67. The maximum atomic E-state index is 2.04. The van der Waals surface area contributed by atoms with Gasteiger partial charge >= 0.3 is 0 Å². The van der Waals surface area contributed by atoms with Gasteiger partial charge in [-0.15, -0.1) is 0 Å². The minimum Gasteiger partial charge on any atom is -0.152 e. The Kier molecular flexibility index (Phi) is 2.77. The largest absolute Gasteiger partial charge is 0.152 e. The lowest BCUT2D eigenvalue weighted by Crippen LogP contribution is -1.16. The summed E-state index contributed by atoms with van der Waals surface area (Å²) < 4.78 is 0. The maximum absolute atomic E-state index is 2.04. The molecule has 0 unspecified atom stereocenters. The van der Waals surface area contributed by atoms with Gasteiger partial charge in [0.05, 0.1) is 0 Å². The molecule has 0 atom stereocenters. The van der Waals surface area contributed by atoms with Crippen LogP contribution in [-0.2, 0) is 0 Å². The van der Waals surface area contributed by atoms with Crippen molar-refractivity contribution in [2.75, 3.05) is 0 Å². The topological polar surface area (TPSA) is 0 Å². The summed E-state index contributed by atoms with van der Waals surface area (Å²) in [5, 5.41) is 4.08. The zero-order chi connectivity index (χ0) is 3.54. The van der Waals surface area contributed by atoms with Crippen molar-refractivity contribution < 1.29 is 0 Å². The molecule has 0 aromatic carbocycles. The van der Waals surface area contributed by atoms with E-state index < -0.39 is 0 Å². The van der Waals surface area contributed by atoms with Gasteiger partial charge in [-0.1, -0.05) is 19.6 Å². The van der Waals surface area contributed by atoms with E-state index in [1.807, 2.05) is 22.9 Å². The first-order valence-electron chi connectivity index (χ1n) is 1.47. The predicted molar refractivity (Wildman–Crippen MR) is 31.0 cm³/mol. The molecule has 0 N–H and O–H groups in total. The summed E-state index contributed by atoms with van der Waals surface area (Å²) in [6, 6.07) is 4.04. The Labute approximate surface area is 42.4 Å². The maximum Gasteiger partial charge on any atom is -0.00934 e. The van der Waals surface area contributed by atoms with Crippen LogP contribution in [0.25, 0.3) is 0 Å². The van der Waals surface area contributed by atoms with Crippen LogP contribution in [0.2, 0.25) is 0 Å². The third kappa shape index (κ3) is 1.22. The average Bonchev–Trinajstić information content (AvgIpc) is 1.76. The van der Waals surface area contributed by atoms with Gasteiger partial charge in [-0.2, -0.15) is 11.3 Å². The van der Waals surface area contributed by atoms with Crippen molar-refractivity contribution in [2.24, 2.45) is 0 Å².